The molecule has 94 valence electrons. The zero-order valence-electron chi connectivity index (χ0n) is 10.6. The molecule has 0 spiro atoms. The molecule has 3 heteroatoms. The smallest absolute Gasteiger partial charge is 0.126 e. The van der Waals surface area contributed by atoms with Crippen molar-refractivity contribution in [1.29, 1.82) is 0 Å². The van der Waals surface area contributed by atoms with Crippen LogP contribution in [0.4, 0.5) is 0 Å². The Labute approximate surface area is 112 Å². The van der Waals surface area contributed by atoms with E-state index >= 15 is 0 Å². The molecule has 2 rings (SSSR count). The summed E-state index contributed by atoms with van der Waals surface area (Å²) >= 11 is 3.57. The van der Waals surface area contributed by atoms with Crippen molar-refractivity contribution in [3.63, 3.8) is 0 Å². The van der Waals surface area contributed by atoms with Crippen molar-refractivity contribution in [1.82, 2.24) is 4.90 Å². The lowest BCUT2D eigenvalue weighted by Crippen LogP contribution is -2.29. The molecule has 1 aromatic rings. The largest absolute Gasteiger partial charge is 0.496 e. The van der Waals surface area contributed by atoms with E-state index in [-0.39, 0.29) is 0 Å². The average molecular weight is 298 g/mol. The first-order chi connectivity index (χ1) is 8.20. The third-order valence-corrected chi connectivity index (χ3v) is 3.82. The molecule has 0 saturated carbocycles. The molecular formula is C14H20BrNO. The maximum Gasteiger partial charge on any atom is 0.126 e. The lowest BCUT2D eigenvalue weighted by Gasteiger charge is -2.27. The van der Waals surface area contributed by atoms with Gasteiger partial charge in [0.1, 0.15) is 5.75 Å². The van der Waals surface area contributed by atoms with Crippen LogP contribution in [-0.2, 0) is 6.54 Å². The van der Waals surface area contributed by atoms with Gasteiger partial charge in [-0.05, 0) is 50.6 Å². The van der Waals surface area contributed by atoms with Gasteiger partial charge >= 0.3 is 0 Å². The van der Waals surface area contributed by atoms with Crippen LogP contribution in [0.3, 0.4) is 0 Å². The summed E-state index contributed by atoms with van der Waals surface area (Å²) in [6.07, 6.45) is 4.04. The fraction of sp³-hybridized carbons (Fsp3) is 0.571. The summed E-state index contributed by atoms with van der Waals surface area (Å²) in [6.45, 7) is 5.54. The molecule has 1 saturated heterocycles. The Morgan fingerprint density at radius 2 is 1.94 bits per heavy atom. The van der Waals surface area contributed by atoms with Crippen molar-refractivity contribution < 1.29 is 4.74 Å². The first-order valence-corrected chi connectivity index (χ1v) is 7.05. The van der Waals surface area contributed by atoms with Crippen molar-refractivity contribution in [2.75, 3.05) is 20.2 Å². The van der Waals surface area contributed by atoms with Crippen LogP contribution in [0.15, 0.2) is 16.6 Å². The van der Waals surface area contributed by atoms with E-state index in [1.807, 2.05) is 0 Å². The second-order valence-corrected chi connectivity index (χ2v) is 5.67. The summed E-state index contributed by atoms with van der Waals surface area (Å²) in [4.78, 5) is 2.52. The van der Waals surface area contributed by atoms with E-state index in [1.165, 1.54) is 43.5 Å². The third-order valence-electron chi connectivity index (χ3n) is 3.36. The van der Waals surface area contributed by atoms with E-state index in [9.17, 15) is 0 Å². The number of hydrogen-bond donors (Lipinski definition) is 0. The van der Waals surface area contributed by atoms with E-state index in [2.05, 4.69) is 39.9 Å². The zero-order chi connectivity index (χ0) is 12.3. The average Bonchev–Trinajstić information content (AvgIpc) is 2.30. The van der Waals surface area contributed by atoms with E-state index in [0.717, 1.165) is 16.8 Å². The fourth-order valence-electron chi connectivity index (χ4n) is 2.57. The Kier molecular flexibility index (Phi) is 4.46. The summed E-state index contributed by atoms with van der Waals surface area (Å²) < 4.78 is 6.67. The number of halogens is 1. The van der Waals surface area contributed by atoms with Crippen molar-refractivity contribution in [3.05, 3.63) is 27.7 Å². The van der Waals surface area contributed by atoms with E-state index in [1.54, 1.807) is 7.11 Å². The van der Waals surface area contributed by atoms with E-state index < -0.39 is 0 Å². The maximum atomic E-state index is 5.53. The normalized spacial score (nSPS) is 17.1. The number of likely N-dealkylation sites (tertiary alicyclic amines) is 1. The van der Waals surface area contributed by atoms with Gasteiger partial charge in [0.2, 0.25) is 0 Å². The molecule has 1 fully saturated rings. The van der Waals surface area contributed by atoms with Crippen molar-refractivity contribution >= 4 is 15.9 Å². The first-order valence-electron chi connectivity index (χ1n) is 6.26. The molecule has 1 aliphatic heterocycles. The van der Waals surface area contributed by atoms with Crippen molar-refractivity contribution in [2.24, 2.45) is 0 Å². The fourth-order valence-corrected chi connectivity index (χ4v) is 3.19. The van der Waals surface area contributed by atoms with Gasteiger partial charge in [-0.15, -0.1) is 0 Å². The highest BCUT2D eigenvalue weighted by Gasteiger charge is 2.14. The first kappa shape index (κ1) is 12.9. The number of rotatable bonds is 3. The van der Waals surface area contributed by atoms with Crippen LogP contribution in [0.1, 0.15) is 30.4 Å². The Bertz CT molecular complexity index is 386. The summed E-state index contributed by atoms with van der Waals surface area (Å²) in [5.41, 5.74) is 2.50. The Hall–Kier alpha value is -0.540. The second-order valence-electron chi connectivity index (χ2n) is 4.75. The third kappa shape index (κ3) is 3.23. The molecular weight excluding hydrogens is 278 g/mol. The topological polar surface area (TPSA) is 12.5 Å². The van der Waals surface area contributed by atoms with Gasteiger partial charge in [-0.1, -0.05) is 22.4 Å². The number of ether oxygens (including phenoxy) is 1. The summed E-state index contributed by atoms with van der Waals surface area (Å²) in [5, 5.41) is 0. The predicted octanol–water partition coefficient (Wildman–Crippen LogP) is 3.75. The SMILES string of the molecule is COc1c(C)cc(Br)cc1CN1CCCCC1. The number of nitrogens with zero attached hydrogens (tertiary/aromatic N) is 1. The molecule has 1 heterocycles. The highest BCUT2D eigenvalue weighted by molar-refractivity contribution is 9.10. The van der Waals surface area contributed by atoms with Crippen LogP contribution in [0, 0.1) is 6.92 Å². The standard InChI is InChI=1S/C14H20BrNO/c1-11-8-13(15)9-12(14(11)17-2)10-16-6-4-3-5-7-16/h8-9H,3-7,10H2,1-2H3. The van der Waals surface area contributed by atoms with Crippen LogP contribution in [0.5, 0.6) is 5.75 Å². The molecule has 0 N–H and O–H groups in total. The summed E-state index contributed by atoms with van der Waals surface area (Å²) in [7, 11) is 1.76. The van der Waals surface area contributed by atoms with Crippen molar-refractivity contribution in [3.8, 4) is 5.75 Å². The molecule has 1 aliphatic rings. The molecule has 0 bridgehead atoms. The Morgan fingerprint density at radius 1 is 1.24 bits per heavy atom. The van der Waals surface area contributed by atoms with Gasteiger partial charge in [-0.3, -0.25) is 4.90 Å². The molecule has 0 amide bonds. The van der Waals surface area contributed by atoms with Crippen molar-refractivity contribution in [2.45, 2.75) is 32.7 Å². The minimum absolute atomic E-state index is 1.00. The number of benzene rings is 1. The number of piperidine rings is 1. The lowest BCUT2D eigenvalue weighted by atomic mass is 10.1. The number of aryl methyl sites for hydroxylation is 1. The Morgan fingerprint density at radius 3 is 2.59 bits per heavy atom. The summed E-state index contributed by atoms with van der Waals surface area (Å²) in [5.74, 6) is 1.04. The van der Waals surface area contributed by atoms with Crippen LogP contribution in [0.2, 0.25) is 0 Å². The van der Waals surface area contributed by atoms with Gasteiger partial charge in [0.15, 0.2) is 0 Å². The van der Waals surface area contributed by atoms with E-state index in [4.69, 9.17) is 4.74 Å². The highest BCUT2D eigenvalue weighted by atomic mass is 79.9. The van der Waals surface area contributed by atoms with Crippen LogP contribution in [0.25, 0.3) is 0 Å². The monoisotopic (exact) mass is 297 g/mol. The maximum absolute atomic E-state index is 5.53. The van der Waals surface area contributed by atoms with Crippen LogP contribution >= 0.6 is 15.9 Å². The minimum Gasteiger partial charge on any atom is -0.496 e. The molecule has 0 aromatic heterocycles. The minimum atomic E-state index is 1.00. The predicted molar refractivity (Wildman–Crippen MR) is 74.6 cm³/mol. The number of methoxy groups -OCH3 is 1. The van der Waals surface area contributed by atoms with E-state index in [0.29, 0.717) is 0 Å². The molecule has 0 atom stereocenters. The molecule has 2 nitrogen and oxygen atoms in total. The molecule has 0 unspecified atom stereocenters. The van der Waals surface area contributed by atoms with Crippen LogP contribution in [-0.4, -0.2) is 25.1 Å². The van der Waals surface area contributed by atoms with Gasteiger partial charge in [-0.2, -0.15) is 0 Å². The van der Waals surface area contributed by atoms with Gasteiger partial charge in [0, 0.05) is 16.6 Å². The number of hydrogen-bond acceptors (Lipinski definition) is 2. The molecule has 17 heavy (non-hydrogen) atoms. The van der Waals surface area contributed by atoms with Gasteiger partial charge in [-0.25, -0.2) is 0 Å². The molecule has 1 aromatic carbocycles. The van der Waals surface area contributed by atoms with Gasteiger partial charge < -0.3 is 4.74 Å². The van der Waals surface area contributed by atoms with Gasteiger partial charge in [0.05, 0.1) is 7.11 Å². The Balaban J connectivity index is 2.18. The molecule has 0 aliphatic carbocycles. The summed E-state index contributed by atoms with van der Waals surface area (Å²) in [6, 6.07) is 4.29. The van der Waals surface area contributed by atoms with Crippen LogP contribution < -0.4 is 4.74 Å². The van der Waals surface area contributed by atoms with Gasteiger partial charge in [0.25, 0.3) is 0 Å². The second kappa shape index (κ2) is 5.87. The zero-order valence-corrected chi connectivity index (χ0v) is 12.2. The molecule has 0 radical (unpaired) electrons. The quantitative estimate of drug-likeness (QED) is 0.842. The highest BCUT2D eigenvalue weighted by Crippen LogP contribution is 2.29. The lowest BCUT2D eigenvalue weighted by molar-refractivity contribution is 0.218.